The molecule has 0 aromatic heterocycles. The van der Waals surface area contributed by atoms with Crippen LogP contribution in [0.4, 0.5) is 5.69 Å². The molecule has 0 heterocycles. The Morgan fingerprint density at radius 1 is 1.08 bits per heavy atom. The lowest BCUT2D eigenvalue weighted by molar-refractivity contribution is -0.114. The molecule has 0 atom stereocenters. The highest BCUT2D eigenvalue weighted by Crippen LogP contribution is 2.13. The van der Waals surface area contributed by atoms with Gasteiger partial charge < -0.3 is 5.32 Å². The third-order valence-electron chi connectivity index (χ3n) is 3.15. The van der Waals surface area contributed by atoms with Crippen molar-refractivity contribution in [2.24, 2.45) is 5.10 Å². The Kier molecular flexibility index (Phi) is 6.08. The largest absolute Gasteiger partial charge is 0.326 e. The maximum Gasteiger partial charge on any atom is 0.276 e. The number of aryl methyl sites for hydroxylation is 1. The first-order chi connectivity index (χ1) is 11.5. The maximum absolute atomic E-state index is 12.1. The first-order valence-electron chi connectivity index (χ1n) is 7.42. The van der Waals surface area contributed by atoms with Gasteiger partial charge in [-0.15, -0.1) is 0 Å². The molecule has 0 aliphatic heterocycles. The number of hydrogen-bond acceptors (Lipinski definition) is 4. The number of benzene rings is 2. The van der Waals surface area contributed by atoms with Crippen LogP contribution in [0.2, 0.25) is 0 Å². The van der Waals surface area contributed by atoms with E-state index >= 15 is 0 Å². The van der Waals surface area contributed by atoms with E-state index < -0.39 is 10.0 Å². The Morgan fingerprint density at radius 3 is 2.38 bits per heavy atom. The number of carbonyl (C=O) groups excluding carboxylic acids is 1. The van der Waals surface area contributed by atoms with Gasteiger partial charge in [0.2, 0.25) is 5.91 Å². The Balaban J connectivity index is 1.88. The van der Waals surface area contributed by atoms with Crippen molar-refractivity contribution in [2.45, 2.75) is 24.7 Å². The minimum Gasteiger partial charge on any atom is -0.326 e. The summed E-state index contributed by atoms with van der Waals surface area (Å²) in [5, 5.41) is 6.35. The van der Waals surface area contributed by atoms with Gasteiger partial charge in [-0.1, -0.05) is 30.3 Å². The average molecular weight is 345 g/mol. The number of amides is 1. The second-order valence-electron chi connectivity index (χ2n) is 5.14. The van der Waals surface area contributed by atoms with E-state index in [2.05, 4.69) is 15.2 Å². The van der Waals surface area contributed by atoms with Crippen LogP contribution >= 0.6 is 0 Å². The Bertz CT molecular complexity index is 801. The molecular formula is C17H19N3O3S. The molecule has 1 amide bonds. The summed E-state index contributed by atoms with van der Waals surface area (Å²) in [5.74, 6) is -0.216. The highest BCUT2D eigenvalue weighted by atomic mass is 32.2. The van der Waals surface area contributed by atoms with E-state index in [1.165, 1.54) is 43.0 Å². The predicted molar refractivity (Wildman–Crippen MR) is 94.3 cm³/mol. The molecule has 0 aliphatic rings. The van der Waals surface area contributed by atoms with E-state index in [0.717, 1.165) is 6.42 Å². The van der Waals surface area contributed by atoms with Crippen LogP contribution in [0.15, 0.2) is 64.6 Å². The van der Waals surface area contributed by atoms with Crippen LogP contribution in [0.5, 0.6) is 0 Å². The SMILES string of the molecule is CC(=O)Nc1ccc(S(=O)(=O)N/N=C\CCc2ccccc2)cc1. The number of anilines is 1. The molecule has 6 nitrogen and oxygen atoms in total. The molecule has 126 valence electrons. The van der Waals surface area contributed by atoms with E-state index in [1.807, 2.05) is 30.3 Å². The topological polar surface area (TPSA) is 87.6 Å². The standard InChI is InChI=1S/C17H19N3O3S/c1-14(21)19-16-9-11-17(12-10-16)24(22,23)20-18-13-5-8-15-6-3-2-4-7-15/h2-4,6-7,9-13,20H,5,8H2,1H3,(H,19,21)/b18-13-. The van der Waals surface area contributed by atoms with Crippen molar-refractivity contribution in [2.75, 3.05) is 5.32 Å². The maximum atomic E-state index is 12.1. The molecular weight excluding hydrogens is 326 g/mol. The fourth-order valence-corrected chi connectivity index (χ4v) is 2.83. The predicted octanol–water partition coefficient (Wildman–Crippen LogP) is 2.54. The molecule has 24 heavy (non-hydrogen) atoms. The minimum atomic E-state index is -3.71. The molecule has 0 saturated carbocycles. The third-order valence-corrected chi connectivity index (χ3v) is 4.39. The summed E-state index contributed by atoms with van der Waals surface area (Å²) in [5.41, 5.74) is 1.70. The Morgan fingerprint density at radius 2 is 1.75 bits per heavy atom. The van der Waals surface area contributed by atoms with Crippen molar-refractivity contribution in [3.63, 3.8) is 0 Å². The van der Waals surface area contributed by atoms with E-state index in [4.69, 9.17) is 0 Å². The van der Waals surface area contributed by atoms with Crippen molar-refractivity contribution in [1.29, 1.82) is 0 Å². The number of nitrogens with one attached hydrogen (secondary N) is 2. The summed E-state index contributed by atoms with van der Waals surface area (Å²) < 4.78 is 24.2. The van der Waals surface area contributed by atoms with Gasteiger partial charge in [0.25, 0.3) is 10.0 Å². The van der Waals surface area contributed by atoms with Gasteiger partial charge in [0.1, 0.15) is 0 Å². The summed E-state index contributed by atoms with van der Waals surface area (Å²) in [6.45, 7) is 1.39. The molecule has 0 spiro atoms. The second-order valence-corrected chi connectivity index (χ2v) is 6.80. The van der Waals surface area contributed by atoms with Gasteiger partial charge in [-0.3, -0.25) is 4.79 Å². The van der Waals surface area contributed by atoms with Crippen molar-refractivity contribution < 1.29 is 13.2 Å². The Hall–Kier alpha value is -2.67. The van der Waals surface area contributed by atoms with Crippen molar-refractivity contribution in [1.82, 2.24) is 4.83 Å². The number of hydrazone groups is 1. The lowest BCUT2D eigenvalue weighted by Crippen LogP contribution is -2.18. The molecule has 7 heteroatoms. The fraction of sp³-hybridized carbons (Fsp3) is 0.176. The molecule has 2 aromatic carbocycles. The Labute approximate surface area is 141 Å². The molecule has 0 unspecified atom stereocenters. The van der Waals surface area contributed by atoms with Crippen LogP contribution in [-0.4, -0.2) is 20.5 Å². The molecule has 0 radical (unpaired) electrons. The van der Waals surface area contributed by atoms with Crippen molar-refractivity contribution in [3.05, 3.63) is 60.2 Å². The molecule has 0 saturated heterocycles. The van der Waals surface area contributed by atoms with Crippen LogP contribution in [-0.2, 0) is 21.2 Å². The molecule has 0 fully saturated rings. The smallest absolute Gasteiger partial charge is 0.276 e. The summed E-state index contributed by atoms with van der Waals surface area (Å²) >= 11 is 0. The number of carbonyl (C=O) groups is 1. The highest BCUT2D eigenvalue weighted by molar-refractivity contribution is 7.89. The first kappa shape index (κ1) is 17.7. The number of hydrogen-bond donors (Lipinski definition) is 2. The quantitative estimate of drug-likeness (QED) is 0.597. The summed E-state index contributed by atoms with van der Waals surface area (Å²) in [7, 11) is -3.71. The zero-order valence-electron chi connectivity index (χ0n) is 13.3. The molecule has 0 aliphatic carbocycles. The van der Waals surface area contributed by atoms with Gasteiger partial charge in [0.05, 0.1) is 4.90 Å². The van der Waals surface area contributed by atoms with Crippen LogP contribution in [0, 0.1) is 0 Å². The van der Waals surface area contributed by atoms with Crippen LogP contribution in [0.3, 0.4) is 0 Å². The summed E-state index contributed by atoms with van der Waals surface area (Å²) in [6.07, 6.45) is 2.96. The second kappa shape index (κ2) is 8.26. The molecule has 2 rings (SSSR count). The van der Waals surface area contributed by atoms with Gasteiger partial charge in [0.15, 0.2) is 0 Å². The van der Waals surface area contributed by atoms with E-state index in [9.17, 15) is 13.2 Å². The normalized spacial score (nSPS) is 11.4. The van der Waals surface area contributed by atoms with E-state index in [-0.39, 0.29) is 10.8 Å². The number of nitrogens with zero attached hydrogens (tertiary/aromatic N) is 1. The number of sulfonamides is 1. The molecule has 2 N–H and O–H groups in total. The zero-order chi connectivity index (χ0) is 17.4. The van der Waals surface area contributed by atoms with E-state index in [0.29, 0.717) is 12.1 Å². The third kappa shape index (κ3) is 5.51. The summed E-state index contributed by atoms with van der Waals surface area (Å²) in [4.78, 5) is 13.2. The fourth-order valence-electron chi connectivity index (χ4n) is 2.02. The monoisotopic (exact) mass is 345 g/mol. The van der Waals surface area contributed by atoms with Gasteiger partial charge in [-0.2, -0.15) is 13.5 Å². The van der Waals surface area contributed by atoms with Gasteiger partial charge in [-0.05, 0) is 42.7 Å². The van der Waals surface area contributed by atoms with Gasteiger partial charge >= 0.3 is 0 Å². The first-order valence-corrected chi connectivity index (χ1v) is 8.90. The van der Waals surface area contributed by atoms with Crippen LogP contribution in [0.1, 0.15) is 18.9 Å². The number of rotatable bonds is 7. The minimum absolute atomic E-state index is 0.0804. The van der Waals surface area contributed by atoms with Crippen LogP contribution < -0.4 is 10.1 Å². The molecule has 0 bridgehead atoms. The van der Waals surface area contributed by atoms with Crippen molar-refractivity contribution in [3.8, 4) is 0 Å². The zero-order valence-corrected chi connectivity index (χ0v) is 14.1. The van der Waals surface area contributed by atoms with Gasteiger partial charge in [0, 0.05) is 18.8 Å². The lowest BCUT2D eigenvalue weighted by Gasteiger charge is -2.05. The average Bonchev–Trinajstić information content (AvgIpc) is 2.55. The highest BCUT2D eigenvalue weighted by Gasteiger charge is 2.12. The summed E-state index contributed by atoms with van der Waals surface area (Å²) in [6, 6.07) is 15.7. The lowest BCUT2D eigenvalue weighted by atomic mass is 10.1. The van der Waals surface area contributed by atoms with E-state index in [1.54, 1.807) is 0 Å². The van der Waals surface area contributed by atoms with Crippen LogP contribution in [0.25, 0.3) is 0 Å². The van der Waals surface area contributed by atoms with Crippen molar-refractivity contribution >= 4 is 27.8 Å². The van der Waals surface area contributed by atoms with Gasteiger partial charge in [-0.25, -0.2) is 4.83 Å². The molecule has 2 aromatic rings.